The minimum Gasteiger partial charge on any atom is -0.480 e. The Kier molecular flexibility index (Phi) is 5.57. The normalized spacial score (nSPS) is 19.9. The predicted octanol–water partition coefficient (Wildman–Crippen LogP) is -0.305. The molecule has 0 spiro atoms. The first-order valence-corrected chi connectivity index (χ1v) is 8.65. The topological polar surface area (TPSA) is 113 Å². The molecule has 0 aromatic heterocycles. The maximum absolute atomic E-state index is 12.2. The molecule has 1 unspecified atom stereocenters. The summed E-state index contributed by atoms with van der Waals surface area (Å²) in [5.74, 6) is -1.55. The van der Waals surface area contributed by atoms with Crippen molar-refractivity contribution in [3.05, 3.63) is 0 Å². The number of hydrogen-bond donors (Lipinski definition) is 2. The number of carboxylic acids is 1. The van der Waals surface area contributed by atoms with Crippen LogP contribution in [-0.2, 0) is 19.4 Å². The van der Waals surface area contributed by atoms with E-state index < -0.39 is 33.4 Å². The molecule has 0 bridgehead atoms. The molecule has 1 saturated heterocycles. The number of amides is 2. The van der Waals surface area contributed by atoms with Crippen LogP contribution in [0.5, 0.6) is 0 Å². The highest BCUT2D eigenvalue weighted by Gasteiger charge is 2.35. The van der Waals surface area contributed by atoms with E-state index in [4.69, 9.17) is 9.84 Å². The minimum absolute atomic E-state index is 0.162. The minimum atomic E-state index is -3.28. The Bertz CT molecular complexity index is 502. The Morgan fingerprint density at radius 2 is 2.05 bits per heavy atom. The van der Waals surface area contributed by atoms with Gasteiger partial charge in [-0.25, -0.2) is 18.0 Å². The molecule has 1 fully saturated rings. The summed E-state index contributed by atoms with van der Waals surface area (Å²) in [4.78, 5) is 24.8. The molecular weight excluding hydrogens is 300 g/mol. The second-order valence-corrected chi connectivity index (χ2v) is 8.04. The smallest absolute Gasteiger partial charge is 0.326 e. The summed E-state index contributed by atoms with van der Waals surface area (Å²) in [6.45, 7) is 4.74. The number of nitrogens with one attached hydrogen (secondary N) is 1. The fourth-order valence-electron chi connectivity index (χ4n) is 2.05. The van der Waals surface area contributed by atoms with Gasteiger partial charge in [0.25, 0.3) is 0 Å². The van der Waals surface area contributed by atoms with Crippen molar-refractivity contribution in [2.45, 2.75) is 31.8 Å². The Balaban J connectivity index is 2.70. The molecule has 21 heavy (non-hydrogen) atoms. The molecule has 0 aliphatic carbocycles. The highest BCUT2D eigenvalue weighted by atomic mass is 32.2. The van der Waals surface area contributed by atoms with E-state index in [1.165, 1.54) is 4.90 Å². The molecule has 1 atom stereocenters. The molecule has 1 aliphatic rings. The van der Waals surface area contributed by atoms with Crippen molar-refractivity contribution in [3.63, 3.8) is 0 Å². The zero-order valence-corrected chi connectivity index (χ0v) is 13.3. The monoisotopic (exact) mass is 322 g/mol. The van der Waals surface area contributed by atoms with Gasteiger partial charge in [0, 0.05) is 12.8 Å². The summed E-state index contributed by atoms with van der Waals surface area (Å²) < 4.78 is 27.5. The summed E-state index contributed by atoms with van der Waals surface area (Å²) >= 11 is 0. The average Bonchev–Trinajstić information content (AvgIpc) is 2.32. The van der Waals surface area contributed by atoms with Crippen LogP contribution < -0.4 is 5.32 Å². The van der Waals surface area contributed by atoms with Crippen molar-refractivity contribution in [2.75, 3.05) is 31.8 Å². The number of rotatable bonds is 5. The van der Waals surface area contributed by atoms with Gasteiger partial charge in [0.05, 0.1) is 24.5 Å². The highest BCUT2D eigenvalue weighted by Crippen LogP contribution is 2.19. The molecule has 9 heteroatoms. The third-order valence-corrected chi connectivity index (χ3v) is 4.24. The average molecular weight is 322 g/mol. The quantitative estimate of drug-likeness (QED) is 0.718. The number of hydrogen-bond acceptors (Lipinski definition) is 5. The zero-order valence-electron chi connectivity index (χ0n) is 12.5. The van der Waals surface area contributed by atoms with Gasteiger partial charge in [0.15, 0.2) is 0 Å². The number of ether oxygens (including phenoxy) is 1. The zero-order chi connectivity index (χ0) is 16.3. The Labute approximate surface area is 124 Å². The van der Waals surface area contributed by atoms with Gasteiger partial charge in [-0.15, -0.1) is 0 Å². The number of sulfone groups is 1. The summed E-state index contributed by atoms with van der Waals surface area (Å²) in [5.41, 5.74) is -0.539. The third kappa shape index (κ3) is 5.50. The maximum atomic E-state index is 12.2. The molecular formula is C12H22N2O6S. The van der Waals surface area contributed by atoms with Gasteiger partial charge in [-0.1, -0.05) is 0 Å². The molecule has 0 radical (unpaired) electrons. The molecule has 8 nitrogen and oxygen atoms in total. The van der Waals surface area contributed by atoms with Crippen LogP contribution in [0.2, 0.25) is 0 Å². The van der Waals surface area contributed by atoms with Crippen LogP contribution in [0.25, 0.3) is 0 Å². The number of urea groups is 1. The van der Waals surface area contributed by atoms with E-state index >= 15 is 0 Å². The van der Waals surface area contributed by atoms with Gasteiger partial charge in [0.1, 0.15) is 15.9 Å². The van der Waals surface area contributed by atoms with Gasteiger partial charge >= 0.3 is 12.0 Å². The first-order valence-electron chi connectivity index (χ1n) is 6.59. The van der Waals surface area contributed by atoms with Gasteiger partial charge in [-0.05, 0) is 20.3 Å². The van der Waals surface area contributed by atoms with Crippen LogP contribution in [0.1, 0.15) is 20.3 Å². The summed E-state index contributed by atoms with van der Waals surface area (Å²) in [5, 5.41) is 11.5. The Morgan fingerprint density at radius 1 is 1.43 bits per heavy atom. The van der Waals surface area contributed by atoms with Crippen LogP contribution >= 0.6 is 0 Å². The molecule has 1 aliphatic heterocycles. The fourth-order valence-corrected chi connectivity index (χ4v) is 2.71. The third-order valence-electron chi connectivity index (χ3n) is 3.26. The lowest BCUT2D eigenvalue weighted by Gasteiger charge is -2.42. The fraction of sp³-hybridized carbons (Fsp3) is 0.833. The van der Waals surface area contributed by atoms with E-state index in [9.17, 15) is 18.0 Å². The van der Waals surface area contributed by atoms with Crippen LogP contribution in [0.3, 0.4) is 0 Å². The van der Waals surface area contributed by atoms with E-state index in [0.717, 1.165) is 6.26 Å². The van der Waals surface area contributed by atoms with E-state index in [-0.39, 0.29) is 12.2 Å². The van der Waals surface area contributed by atoms with Crippen LogP contribution in [-0.4, -0.2) is 73.8 Å². The second-order valence-electron chi connectivity index (χ2n) is 5.78. The summed E-state index contributed by atoms with van der Waals surface area (Å²) in [6, 6.07) is -1.75. The lowest BCUT2D eigenvalue weighted by Crippen LogP contribution is -2.60. The number of morpholine rings is 1. The number of carbonyl (C=O) groups is 2. The molecule has 0 aromatic rings. The molecule has 2 N–H and O–H groups in total. The van der Waals surface area contributed by atoms with Gasteiger partial charge < -0.3 is 20.1 Å². The second kappa shape index (κ2) is 6.61. The van der Waals surface area contributed by atoms with Crippen molar-refractivity contribution < 1.29 is 27.9 Å². The maximum Gasteiger partial charge on any atom is 0.326 e. The van der Waals surface area contributed by atoms with Gasteiger partial charge in [-0.3, -0.25) is 0 Å². The van der Waals surface area contributed by atoms with Gasteiger partial charge in [0.2, 0.25) is 0 Å². The summed E-state index contributed by atoms with van der Waals surface area (Å²) in [6.07, 6.45) is 0.865. The lowest BCUT2D eigenvalue weighted by atomic mass is 10.0. The van der Waals surface area contributed by atoms with Crippen LogP contribution in [0, 0.1) is 0 Å². The molecule has 1 rings (SSSR count). The van der Waals surface area contributed by atoms with Crippen molar-refractivity contribution in [1.29, 1.82) is 0 Å². The molecule has 122 valence electrons. The summed E-state index contributed by atoms with van der Waals surface area (Å²) in [7, 11) is -3.28. The van der Waals surface area contributed by atoms with Crippen molar-refractivity contribution in [3.8, 4) is 0 Å². The predicted molar refractivity (Wildman–Crippen MR) is 75.9 cm³/mol. The largest absolute Gasteiger partial charge is 0.480 e. The number of carboxylic acid groups (broad SMARTS) is 1. The SMILES string of the molecule is CC1(C)COCCN1C(=O)NC(CCS(C)(=O)=O)C(=O)O. The van der Waals surface area contributed by atoms with Crippen molar-refractivity contribution in [1.82, 2.24) is 10.2 Å². The van der Waals surface area contributed by atoms with Crippen LogP contribution in [0.4, 0.5) is 4.79 Å². The lowest BCUT2D eigenvalue weighted by molar-refractivity contribution is -0.139. The molecule has 1 heterocycles. The van der Waals surface area contributed by atoms with E-state index in [0.29, 0.717) is 19.8 Å². The number of aliphatic carboxylic acids is 1. The molecule has 0 aromatic carbocycles. The first kappa shape index (κ1) is 17.7. The Hall–Kier alpha value is -1.35. The van der Waals surface area contributed by atoms with Crippen molar-refractivity contribution in [2.24, 2.45) is 0 Å². The van der Waals surface area contributed by atoms with E-state index in [2.05, 4.69) is 5.32 Å². The van der Waals surface area contributed by atoms with E-state index in [1.807, 2.05) is 13.8 Å². The molecule has 0 saturated carbocycles. The van der Waals surface area contributed by atoms with Crippen LogP contribution in [0.15, 0.2) is 0 Å². The first-order chi connectivity index (χ1) is 9.53. The standard InChI is InChI=1S/C12H22N2O6S/c1-12(2)8-20-6-5-14(12)11(17)13-9(10(15)16)4-7-21(3,18)19/h9H,4-8H2,1-3H3,(H,13,17)(H,15,16). The highest BCUT2D eigenvalue weighted by molar-refractivity contribution is 7.90. The number of carbonyl (C=O) groups excluding carboxylic acids is 1. The Morgan fingerprint density at radius 3 is 2.52 bits per heavy atom. The number of nitrogens with zero attached hydrogens (tertiary/aromatic N) is 1. The molecule has 2 amide bonds. The van der Waals surface area contributed by atoms with E-state index in [1.54, 1.807) is 0 Å². The van der Waals surface area contributed by atoms with Gasteiger partial charge in [-0.2, -0.15) is 0 Å². The van der Waals surface area contributed by atoms with Crippen molar-refractivity contribution >= 4 is 21.8 Å².